The van der Waals surface area contributed by atoms with E-state index in [-0.39, 0.29) is 5.91 Å². The lowest BCUT2D eigenvalue weighted by molar-refractivity contribution is -0.129. The van der Waals surface area contributed by atoms with Gasteiger partial charge in [-0.1, -0.05) is 39.7 Å². The molecule has 39 heavy (non-hydrogen) atoms. The second kappa shape index (κ2) is 12.7. The average molecular weight is 528 g/mol. The molecule has 206 valence electrons. The lowest BCUT2D eigenvalue weighted by atomic mass is 9.95. The van der Waals surface area contributed by atoms with Gasteiger partial charge >= 0.3 is 0 Å². The van der Waals surface area contributed by atoms with Gasteiger partial charge < -0.3 is 24.9 Å². The Kier molecular flexibility index (Phi) is 9.07. The Balaban J connectivity index is 0.00000172. The zero-order valence-corrected chi connectivity index (χ0v) is 23.6. The molecular formula is C31H41N7O. The first-order valence-electron chi connectivity index (χ1n) is 13.9. The first-order valence-corrected chi connectivity index (χ1v) is 13.9. The molecule has 1 N–H and O–H groups in total. The molecule has 5 rings (SSSR count). The molecule has 0 spiro atoms. The van der Waals surface area contributed by atoms with Crippen LogP contribution in [0.5, 0.6) is 0 Å². The van der Waals surface area contributed by atoms with E-state index in [0.717, 1.165) is 86.4 Å². The molecule has 0 atom stereocenters. The van der Waals surface area contributed by atoms with Crippen molar-refractivity contribution < 1.29 is 4.79 Å². The van der Waals surface area contributed by atoms with E-state index in [4.69, 9.17) is 4.98 Å². The van der Waals surface area contributed by atoms with Crippen LogP contribution >= 0.6 is 0 Å². The van der Waals surface area contributed by atoms with Crippen molar-refractivity contribution in [3.63, 3.8) is 0 Å². The zero-order valence-electron chi connectivity index (χ0n) is 23.6. The number of carbonyl (C=O) groups is 1. The van der Waals surface area contributed by atoms with Crippen LogP contribution in [0.15, 0.2) is 73.7 Å². The molecule has 0 radical (unpaired) electrons. The molecule has 2 aromatic rings. The number of carbonyl (C=O) groups excluding carboxylic acids is 1. The number of nitrogens with zero attached hydrogens (tertiary/aromatic N) is 6. The topological polar surface area (TPSA) is 67.8 Å². The van der Waals surface area contributed by atoms with Crippen LogP contribution in [-0.2, 0) is 4.79 Å². The molecule has 1 aromatic heterocycles. The summed E-state index contributed by atoms with van der Waals surface area (Å²) >= 11 is 0. The van der Waals surface area contributed by atoms with E-state index >= 15 is 0 Å². The van der Waals surface area contributed by atoms with Gasteiger partial charge in [-0.3, -0.25) is 4.79 Å². The van der Waals surface area contributed by atoms with E-state index in [2.05, 4.69) is 56.9 Å². The fourth-order valence-electron chi connectivity index (χ4n) is 5.05. The largest absolute Gasteiger partial charge is 0.371 e. The van der Waals surface area contributed by atoms with Gasteiger partial charge in [0.1, 0.15) is 5.82 Å². The lowest BCUT2D eigenvalue weighted by Crippen LogP contribution is -2.48. The number of piperazine rings is 1. The number of aromatic nitrogens is 2. The smallest absolute Gasteiger partial charge is 0.229 e. The molecule has 2 saturated heterocycles. The van der Waals surface area contributed by atoms with Crippen LogP contribution in [0.25, 0.3) is 6.08 Å². The van der Waals surface area contributed by atoms with Crippen LogP contribution in [-0.4, -0.2) is 71.5 Å². The van der Waals surface area contributed by atoms with E-state index in [1.807, 2.05) is 55.3 Å². The normalized spacial score (nSPS) is 16.6. The number of fused-ring (bicyclic) bond motifs is 1. The molecule has 1 amide bonds. The van der Waals surface area contributed by atoms with Gasteiger partial charge in [-0.05, 0) is 48.8 Å². The molecule has 0 aliphatic carbocycles. The second-order valence-electron chi connectivity index (χ2n) is 9.87. The highest BCUT2D eigenvalue weighted by Crippen LogP contribution is 2.32. The Bertz CT molecular complexity index is 1240. The van der Waals surface area contributed by atoms with Crippen molar-refractivity contribution in [2.75, 3.05) is 60.9 Å². The minimum absolute atomic E-state index is 0.138. The van der Waals surface area contributed by atoms with Crippen molar-refractivity contribution in [3.8, 4) is 0 Å². The van der Waals surface area contributed by atoms with Crippen molar-refractivity contribution in [1.29, 1.82) is 0 Å². The van der Waals surface area contributed by atoms with E-state index in [9.17, 15) is 4.79 Å². The van der Waals surface area contributed by atoms with Crippen molar-refractivity contribution >= 4 is 35.1 Å². The maximum Gasteiger partial charge on any atom is 0.229 e. The standard InChI is InChI=1S/C29H35N7O.C2H6/c1-5-21(2)35-19-24(20-35)11-12-36-22(3)9-10-25-18-30-29(32-28(25)36)31-26-7-6-8-27(17-26)34-15-13-33(14-16-34)23(4)37;1-2/h5-10,17-18,24H,1-3,11-16,19-20H2,4H3,(H,30,31,32);1-2H3. The summed E-state index contributed by atoms with van der Waals surface area (Å²) in [7, 11) is 0. The zero-order chi connectivity index (χ0) is 27.9. The molecule has 1 aromatic carbocycles. The molecule has 2 fully saturated rings. The highest BCUT2D eigenvalue weighted by atomic mass is 16.2. The van der Waals surface area contributed by atoms with Crippen molar-refractivity contribution in [3.05, 3.63) is 79.3 Å². The fourth-order valence-corrected chi connectivity index (χ4v) is 5.05. The van der Waals surface area contributed by atoms with Crippen LogP contribution < -0.4 is 15.1 Å². The van der Waals surface area contributed by atoms with Gasteiger partial charge in [0.05, 0.1) is 0 Å². The first-order chi connectivity index (χ1) is 18.9. The summed E-state index contributed by atoms with van der Waals surface area (Å²) in [5.74, 6) is 2.20. The Hall–Kier alpha value is -4.07. The summed E-state index contributed by atoms with van der Waals surface area (Å²) < 4.78 is 0. The SMILES string of the molecule is C=CC(=C)N1CC(CCN2C(=C)C=Cc3cnc(Nc4cccc(N5CCN(C(C)=O)CC5)c4)nc32)C1.CC. The van der Waals surface area contributed by atoms with Crippen LogP contribution in [0.1, 0.15) is 32.8 Å². The average Bonchev–Trinajstić information content (AvgIpc) is 2.94. The van der Waals surface area contributed by atoms with Gasteiger partial charge in [-0.15, -0.1) is 0 Å². The van der Waals surface area contributed by atoms with Crippen LogP contribution in [0.2, 0.25) is 0 Å². The number of hydrogen-bond donors (Lipinski definition) is 1. The third kappa shape index (κ3) is 6.50. The van der Waals surface area contributed by atoms with Crippen LogP contribution in [0.3, 0.4) is 0 Å². The van der Waals surface area contributed by atoms with Crippen molar-refractivity contribution in [2.45, 2.75) is 27.2 Å². The van der Waals surface area contributed by atoms with E-state index in [1.54, 1.807) is 6.92 Å². The number of amides is 1. The number of likely N-dealkylation sites (tertiary alicyclic amines) is 1. The predicted octanol–water partition coefficient (Wildman–Crippen LogP) is 5.28. The molecule has 4 heterocycles. The maximum atomic E-state index is 11.6. The molecule has 0 unspecified atom stereocenters. The van der Waals surface area contributed by atoms with Crippen molar-refractivity contribution in [1.82, 2.24) is 19.8 Å². The predicted molar refractivity (Wildman–Crippen MR) is 162 cm³/mol. The molecule has 8 heteroatoms. The summed E-state index contributed by atoms with van der Waals surface area (Å²) in [6, 6.07) is 8.27. The van der Waals surface area contributed by atoms with Crippen LogP contribution in [0, 0.1) is 5.92 Å². The molecular weight excluding hydrogens is 486 g/mol. The summed E-state index contributed by atoms with van der Waals surface area (Å²) in [5.41, 5.74) is 4.98. The third-order valence-electron chi connectivity index (χ3n) is 7.41. The second-order valence-corrected chi connectivity index (χ2v) is 9.87. The number of anilines is 4. The highest BCUT2D eigenvalue weighted by Gasteiger charge is 2.28. The minimum Gasteiger partial charge on any atom is -0.371 e. The third-order valence-corrected chi connectivity index (χ3v) is 7.41. The van der Waals surface area contributed by atoms with Gasteiger partial charge in [-0.2, -0.15) is 4.98 Å². The quantitative estimate of drug-likeness (QED) is 0.468. The highest BCUT2D eigenvalue weighted by molar-refractivity contribution is 5.75. The molecule has 0 bridgehead atoms. The Morgan fingerprint density at radius 1 is 1.13 bits per heavy atom. The molecule has 3 aliphatic heterocycles. The van der Waals surface area contributed by atoms with Crippen LogP contribution in [0.4, 0.5) is 23.1 Å². The van der Waals surface area contributed by atoms with E-state index < -0.39 is 0 Å². The molecule has 8 nitrogen and oxygen atoms in total. The Morgan fingerprint density at radius 2 is 1.87 bits per heavy atom. The number of benzene rings is 1. The fraction of sp³-hybridized carbons (Fsp3) is 0.387. The summed E-state index contributed by atoms with van der Waals surface area (Å²) in [6.45, 7) is 23.8. The molecule has 0 saturated carbocycles. The number of allylic oxidation sites excluding steroid dienone is 2. The minimum atomic E-state index is 0.138. The number of nitrogens with one attached hydrogen (secondary N) is 1. The van der Waals surface area contributed by atoms with Gasteiger partial charge in [0, 0.05) is 87.3 Å². The first kappa shape index (κ1) is 28.0. The summed E-state index contributed by atoms with van der Waals surface area (Å²) in [5, 5.41) is 3.39. The van der Waals surface area contributed by atoms with E-state index in [0.29, 0.717) is 11.9 Å². The van der Waals surface area contributed by atoms with Crippen molar-refractivity contribution in [2.24, 2.45) is 5.92 Å². The van der Waals surface area contributed by atoms with Gasteiger partial charge in [0.2, 0.25) is 11.9 Å². The molecule has 3 aliphatic rings. The number of hydrogen-bond acceptors (Lipinski definition) is 7. The Morgan fingerprint density at radius 3 is 2.56 bits per heavy atom. The Labute approximate surface area is 233 Å². The number of rotatable bonds is 8. The van der Waals surface area contributed by atoms with Gasteiger partial charge in [0.15, 0.2) is 0 Å². The maximum absolute atomic E-state index is 11.6. The lowest BCUT2D eigenvalue weighted by Gasteiger charge is -2.42. The summed E-state index contributed by atoms with van der Waals surface area (Å²) in [6.07, 6.45) is 8.79. The monoisotopic (exact) mass is 527 g/mol. The van der Waals surface area contributed by atoms with Gasteiger partial charge in [-0.25, -0.2) is 4.98 Å². The van der Waals surface area contributed by atoms with Gasteiger partial charge in [0.25, 0.3) is 0 Å². The van der Waals surface area contributed by atoms with E-state index in [1.165, 1.54) is 0 Å². The summed E-state index contributed by atoms with van der Waals surface area (Å²) in [4.78, 5) is 29.8.